The van der Waals surface area contributed by atoms with Crippen molar-refractivity contribution in [1.82, 2.24) is 4.90 Å². The molecule has 0 spiro atoms. The zero-order valence-electron chi connectivity index (χ0n) is 7.26. The maximum atomic E-state index is 10.7. The van der Waals surface area contributed by atoms with Crippen molar-refractivity contribution in [3.8, 4) is 0 Å². The Labute approximate surface area is 77.5 Å². The zero-order chi connectivity index (χ0) is 9.10. The monoisotopic (exact) mass is 173 g/mol. The number of amides is 1. The third-order valence-electron chi connectivity index (χ3n) is 2.30. The smallest absolute Gasteiger partial charge is 0.214 e. The number of hydrogen-bond acceptors (Lipinski definition) is 1. The van der Waals surface area contributed by atoms with E-state index in [9.17, 15) is 4.79 Å². The van der Waals surface area contributed by atoms with Gasteiger partial charge in [0.05, 0.1) is 6.04 Å². The fourth-order valence-electron chi connectivity index (χ4n) is 1.63. The highest BCUT2D eigenvalue weighted by Gasteiger charge is 2.19. The van der Waals surface area contributed by atoms with Crippen LogP contribution in [-0.2, 0) is 4.79 Å². The van der Waals surface area contributed by atoms with E-state index in [0.717, 1.165) is 12.8 Å². The average Bonchev–Trinajstić information content (AvgIpc) is 2.67. The number of hydrogen-bond donors (Lipinski definition) is 0. The van der Waals surface area contributed by atoms with Crippen molar-refractivity contribution in [3.05, 3.63) is 48.2 Å². The summed E-state index contributed by atoms with van der Waals surface area (Å²) in [5.74, 6) is 0. The third-order valence-corrected chi connectivity index (χ3v) is 2.30. The van der Waals surface area contributed by atoms with Crippen LogP contribution in [0, 0.1) is 0 Å². The summed E-state index contributed by atoms with van der Waals surface area (Å²) in [6, 6.07) is 10.3. The molecule has 2 rings (SSSR count). The molecule has 0 radical (unpaired) electrons. The summed E-state index contributed by atoms with van der Waals surface area (Å²) in [6.45, 7) is 0. The molecule has 1 atom stereocenters. The van der Waals surface area contributed by atoms with Gasteiger partial charge in [-0.2, -0.15) is 0 Å². The molecule has 0 saturated heterocycles. The van der Waals surface area contributed by atoms with E-state index >= 15 is 0 Å². The Hall–Kier alpha value is -1.57. The molecule has 0 aliphatic carbocycles. The van der Waals surface area contributed by atoms with Crippen molar-refractivity contribution in [2.75, 3.05) is 0 Å². The van der Waals surface area contributed by atoms with Crippen molar-refractivity contribution in [2.45, 2.75) is 12.5 Å². The van der Waals surface area contributed by atoms with Crippen LogP contribution in [-0.4, -0.2) is 11.3 Å². The second kappa shape index (κ2) is 3.44. The lowest BCUT2D eigenvalue weighted by Gasteiger charge is -2.19. The summed E-state index contributed by atoms with van der Waals surface area (Å²) in [6.07, 6.45) is 5.65. The van der Waals surface area contributed by atoms with Crippen LogP contribution in [0.25, 0.3) is 0 Å². The SMILES string of the molecule is O=CN1C=CCC1c1ccccc1. The molecule has 1 amide bonds. The van der Waals surface area contributed by atoms with E-state index in [2.05, 4.69) is 0 Å². The number of benzene rings is 1. The molecule has 1 heterocycles. The molecular formula is C11H11NO. The quantitative estimate of drug-likeness (QED) is 0.627. The minimum atomic E-state index is 0.207. The molecule has 0 N–H and O–H groups in total. The summed E-state index contributed by atoms with van der Waals surface area (Å²) in [7, 11) is 0. The highest BCUT2D eigenvalue weighted by Crippen LogP contribution is 2.28. The van der Waals surface area contributed by atoms with Crippen molar-refractivity contribution in [2.24, 2.45) is 0 Å². The van der Waals surface area contributed by atoms with E-state index < -0.39 is 0 Å². The Morgan fingerprint density at radius 3 is 2.77 bits per heavy atom. The van der Waals surface area contributed by atoms with Gasteiger partial charge in [0.25, 0.3) is 0 Å². The normalized spacial score (nSPS) is 20.6. The summed E-state index contributed by atoms with van der Waals surface area (Å²) in [4.78, 5) is 12.4. The number of nitrogens with zero attached hydrogens (tertiary/aromatic N) is 1. The molecule has 1 aromatic rings. The number of rotatable bonds is 2. The van der Waals surface area contributed by atoms with Gasteiger partial charge in [-0.1, -0.05) is 36.4 Å². The van der Waals surface area contributed by atoms with Gasteiger partial charge < -0.3 is 4.90 Å². The van der Waals surface area contributed by atoms with Crippen LogP contribution in [0.15, 0.2) is 42.6 Å². The Balaban J connectivity index is 2.23. The van der Waals surface area contributed by atoms with Crippen molar-refractivity contribution in [3.63, 3.8) is 0 Å². The maximum absolute atomic E-state index is 10.7. The van der Waals surface area contributed by atoms with Crippen LogP contribution >= 0.6 is 0 Å². The Morgan fingerprint density at radius 2 is 2.08 bits per heavy atom. The Bertz CT molecular complexity index is 318. The van der Waals surface area contributed by atoms with Crippen LogP contribution in [0.3, 0.4) is 0 Å². The molecular weight excluding hydrogens is 162 g/mol. The summed E-state index contributed by atoms with van der Waals surface area (Å²) in [5.41, 5.74) is 1.19. The summed E-state index contributed by atoms with van der Waals surface area (Å²) in [5, 5.41) is 0. The first-order chi connectivity index (χ1) is 6.42. The van der Waals surface area contributed by atoms with Crippen LogP contribution < -0.4 is 0 Å². The van der Waals surface area contributed by atoms with Gasteiger partial charge >= 0.3 is 0 Å². The zero-order valence-corrected chi connectivity index (χ0v) is 7.26. The fraction of sp³-hybridized carbons (Fsp3) is 0.182. The van der Waals surface area contributed by atoms with Gasteiger partial charge in [0.2, 0.25) is 6.41 Å². The molecule has 0 saturated carbocycles. The lowest BCUT2D eigenvalue weighted by molar-refractivity contribution is -0.117. The third kappa shape index (κ3) is 1.47. The second-order valence-corrected chi connectivity index (χ2v) is 3.10. The van der Waals surface area contributed by atoms with Gasteiger partial charge in [0, 0.05) is 6.20 Å². The fourth-order valence-corrected chi connectivity index (χ4v) is 1.63. The molecule has 2 nitrogen and oxygen atoms in total. The predicted octanol–water partition coefficient (Wildman–Crippen LogP) is 2.10. The molecule has 1 aliphatic heterocycles. The Kier molecular flexibility index (Phi) is 2.13. The topological polar surface area (TPSA) is 20.3 Å². The van der Waals surface area contributed by atoms with Gasteiger partial charge in [-0.05, 0) is 12.0 Å². The second-order valence-electron chi connectivity index (χ2n) is 3.10. The van der Waals surface area contributed by atoms with E-state index in [1.807, 2.05) is 42.6 Å². The van der Waals surface area contributed by atoms with E-state index in [1.54, 1.807) is 4.90 Å². The van der Waals surface area contributed by atoms with Crippen molar-refractivity contribution < 1.29 is 4.79 Å². The predicted molar refractivity (Wildman–Crippen MR) is 50.8 cm³/mol. The highest BCUT2D eigenvalue weighted by atomic mass is 16.1. The van der Waals surface area contributed by atoms with Crippen molar-refractivity contribution >= 4 is 6.41 Å². The van der Waals surface area contributed by atoms with E-state index in [1.165, 1.54) is 5.56 Å². The van der Waals surface area contributed by atoms with Gasteiger partial charge in [-0.3, -0.25) is 4.79 Å². The molecule has 0 aromatic heterocycles. The molecule has 13 heavy (non-hydrogen) atoms. The lowest BCUT2D eigenvalue weighted by Crippen LogP contribution is -2.17. The van der Waals surface area contributed by atoms with E-state index in [4.69, 9.17) is 0 Å². The largest absolute Gasteiger partial charge is 0.314 e. The molecule has 66 valence electrons. The van der Waals surface area contributed by atoms with Gasteiger partial charge in [0.15, 0.2) is 0 Å². The van der Waals surface area contributed by atoms with E-state index in [0.29, 0.717) is 0 Å². The number of carbonyl (C=O) groups excluding carboxylic acids is 1. The molecule has 1 aliphatic rings. The van der Waals surface area contributed by atoms with Crippen LogP contribution in [0.4, 0.5) is 0 Å². The van der Waals surface area contributed by atoms with Crippen molar-refractivity contribution in [1.29, 1.82) is 0 Å². The van der Waals surface area contributed by atoms with Gasteiger partial charge in [-0.15, -0.1) is 0 Å². The minimum Gasteiger partial charge on any atom is -0.314 e. The first kappa shape index (κ1) is 8.05. The summed E-state index contributed by atoms with van der Waals surface area (Å²) >= 11 is 0. The molecule has 2 heteroatoms. The van der Waals surface area contributed by atoms with Gasteiger partial charge in [0.1, 0.15) is 0 Å². The van der Waals surface area contributed by atoms with Crippen LogP contribution in [0.5, 0.6) is 0 Å². The molecule has 0 bridgehead atoms. The van der Waals surface area contributed by atoms with E-state index in [-0.39, 0.29) is 6.04 Å². The van der Waals surface area contributed by atoms with Crippen LogP contribution in [0.1, 0.15) is 18.0 Å². The molecule has 1 aromatic carbocycles. The number of carbonyl (C=O) groups is 1. The first-order valence-electron chi connectivity index (χ1n) is 4.36. The molecule has 1 unspecified atom stereocenters. The lowest BCUT2D eigenvalue weighted by atomic mass is 10.1. The van der Waals surface area contributed by atoms with Crippen LogP contribution in [0.2, 0.25) is 0 Å². The summed E-state index contributed by atoms with van der Waals surface area (Å²) < 4.78 is 0. The first-order valence-corrected chi connectivity index (χ1v) is 4.36. The highest BCUT2D eigenvalue weighted by molar-refractivity contribution is 5.52. The Morgan fingerprint density at radius 1 is 1.31 bits per heavy atom. The average molecular weight is 173 g/mol. The maximum Gasteiger partial charge on any atom is 0.214 e. The standard InChI is InChI=1S/C11H11NO/c13-9-12-8-4-7-11(12)10-5-2-1-3-6-10/h1-6,8-9,11H,7H2. The molecule has 0 fully saturated rings. The minimum absolute atomic E-state index is 0.207. The van der Waals surface area contributed by atoms with Gasteiger partial charge in [-0.25, -0.2) is 0 Å².